The van der Waals surface area contributed by atoms with Crippen LogP contribution in [0.4, 0.5) is 13.6 Å². The number of aliphatic carboxylic acids is 1. The highest BCUT2D eigenvalue weighted by atomic mass is 19.3. The van der Waals surface area contributed by atoms with Crippen LogP contribution in [0.2, 0.25) is 0 Å². The van der Waals surface area contributed by atoms with Gasteiger partial charge in [-0.3, -0.25) is 4.90 Å². The van der Waals surface area contributed by atoms with Crippen molar-refractivity contribution in [3.8, 4) is 0 Å². The SMILES string of the molecule is CC(C)(C)OC(=O)N1C[C@H](C(F)F)C[C@H]1C(=O)O. The molecule has 0 aromatic heterocycles. The zero-order valence-corrected chi connectivity index (χ0v) is 10.5. The smallest absolute Gasteiger partial charge is 0.411 e. The van der Waals surface area contributed by atoms with Gasteiger partial charge in [0.2, 0.25) is 6.43 Å². The normalized spacial score (nSPS) is 24.4. The summed E-state index contributed by atoms with van der Waals surface area (Å²) < 4.78 is 30.2. The third kappa shape index (κ3) is 3.54. The predicted molar refractivity (Wildman–Crippen MR) is 58.5 cm³/mol. The Hall–Kier alpha value is -1.40. The molecular formula is C11H17F2NO4. The lowest BCUT2D eigenvalue weighted by Gasteiger charge is -2.26. The van der Waals surface area contributed by atoms with Crippen molar-refractivity contribution in [2.24, 2.45) is 5.92 Å². The summed E-state index contributed by atoms with van der Waals surface area (Å²) in [6.07, 6.45) is -3.75. The average Bonchev–Trinajstić information content (AvgIpc) is 2.58. The number of carbonyl (C=O) groups is 2. The molecular weight excluding hydrogens is 248 g/mol. The largest absolute Gasteiger partial charge is 0.480 e. The summed E-state index contributed by atoms with van der Waals surface area (Å²) >= 11 is 0. The lowest BCUT2D eigenvalue weighted by Crippen LogP contribution is -2.43. The van der Waals surface area contributed by atoms with Crippen LogP contribution in [0.1, 0.15) is 27.2 Å². The van der Waals surface area contributed by atoms with Gasteiger partial charge >= 0.3 is 12.1 Å². The third-order valence-corrected chi connectivity index (χ3v) is 2.60. The number of hydrogen-bond donors (Lipinski definition) is 1. The molecule has 0 aromatic carbocycles. The molecule has 0 bridgehead atoms. The molecule has 1 heterocycles. The fourth-order valence-corrected chi connectivity index (χ4v) is 1.81. The van der Waals surface area contributed by atoms with Gasteiger partial charge in [-0.15, -0.1) is 0 Å². The minimum Gasteiger partial charge on any atom is -0.480 e. The van der Waals surface area contributed by atoms with Gasteiger partial charge in [-0.05, 0) is 27.2 Å². The number of ether oxygens (including phenoxy) is 1. The number of hydrogen-bond acceptors (Lipinski definition) is 3. The van der Waals surface area contributed by atoms with Gasteiger partial charge in [0.05, 0.1) is 0 Å². The molecule has 0 aromatic rings. The van der Waals surface area contributed by atoms with Gasteiger partial charge in [0.25, 0.3) is 0 Å². The van der Waals surface area contributed by atoms with Crippen molar-refractivity contribution in [2.75, 3.05) is 6.54 Å². The second kappa shape index (κ2) is 5.07. The van der Waals surface area contributed by atoms with E-state index < -0.39 is 36.0 Å². The lowest BCUT2D eigenvalue weighted by atomic mass is 10.1. The van der Waals surface area contributed by atoms with Crippen LogP contribution < -0.4 is 0 Å². The molecule has 2 atom stereocenters. The standard InChI is InChI=1S/C11H17F2NO4/c1-11(2,3)18-10(17)14-5-6(8(12)13)4-7(14)9(15)16/h6-8H,4-5H2,1-3H3,(H,15,16)/t6-,7+/m1/s1. The van der Waals surface area contributed by atoms with Gasteiger partial charge in [-0.1, -0.05) is 0 Å². The maximum Gasteiger partial charge on any atom is 0.411 e. The van der Waals surface area contributed by atoms with E-state index in [9.17, 15) is 18.4 Å². The van der Waals surface area contributed by atoms with Gasteiger partial charge < -0.3 is 9.84 Å². The van der Waals surface area contributed by atoms with Crippen molar-refractivity contribution in [2.45, 2.75) is 45.3 Å². The summed E-state index contributed by atoms with van der Waals surface area (Å²) in [6.45, 7) is 4.59. The first kappa shape index (κ1) is 14.7. The molecule has 1 aliphatic rings. The number of carbonyl (C=O) groups excluding carboxylic acids is 1. The van der Waals surface area contributed by atoms with Crippen LogP contribution in [-0.4, -0.2) is 46.7 Å². The molecule has 18 heavy (non-hydrogen) atoms. The Morgan fingerprint density at radius 2 is 1.94 bits per heavy atom. The fraction of sp³-hybridized carbons (Fsp3) is 0.818. The summed E-state index contributed by atoms with van der Waals surface area (Å²) in [5.41, 5.74) is -0.789. The summed E-state index contributed by atoms with van der Waals surface area (Å²) in [5.74, 6) is -2.40. The zero-order chi connectivity index (χ0) is 14.1. The zero-order valence-electron chi connectivity index (χ0n) is 10.5. The summed E-state index contributed by atoms with van der Waals surface area (Å²) in [6, 6.07) is -1.24. The molecule has 0 saturated carbocycles. The molecule has 1 rings (SSSR count). The van der Waals surface area contributed by atoms with E-state index in [0.717, 1.165) is 4.90 Å². The van der Waals surface area contributed by atoms with E-state index in [-0.39, 0.29) is 13.0 Å². The highest BCUT2D eigenvalue weighted by molar-refractivity contribution is 5.81. The van der Waals surface area contributed by atoms with Crippen LogP contribution in [0, 0.1) is 5.92 Å². The van der Waals surface area contributed by atoms with Crippen LogP contribution in [0.15, 0.2) is 0 Å². The number of likely N-dealkylation sites (tertiary alicyclic amines) is 1. The number of rotatable bonds is 2. The topological polar surface area (TPSA) is 66.8 Å². The Bertz CT molecular complexity index is 340. The van der Waals surface area contributed by atoms with Gasteiger partial charge in [0.15, 0.2) is 0 Å². The molecule has 1 N–H and O–H groups in total. The Kier molecular flexibility index (Phi) is 4.13. The molecule has 0 aliphatic carbocycles. The first-order valence-electron chi connectivity index (χ1n) is 5.62. The van der Waals surface area contributed by atoms with Crippen molar-refractivity contribution in [1.29, 1.82) is 0 Å². The van der Waals surface area contributed by atoms with Crippen molar-refractivity contribution >= 4 is 12.1 Å². The van der Waals surface area contributed by atoms with Gasteiger partial charge in [0, 0.05) is 12.5 Å². The van der Waals surface area contributed by atoms with Gasteiger partial charge in [0.1, 0.15) is 11.6 Å². The molecule has 1 amide bonds. The van der Waals surface area contributed by atoms with E-state index in [4.69, 9.17) is 9.84 Å². The quantitative estimate of drug-likeness (QED) is 0.828. The summed E-state index contributed by atoms with van der Waals surface area (Å²) in [4.78, 5) is 23.6. The number of carboxylic acid groups (broad SMARTS) is 1. The van der Waals surface area contributed by atoms with E-state index in [1.54, 1.807) is 20.8 Å². The highest BCUT2D eigenvalue weighted by Crippen LogP contribution is 2.29. The van der Waals surface area contributed by atoms with Gasteiger partial charge in [-0.2, -0.15) is 0 Å². The molecule has 0 unspecified atom stereocenters. The number of carboxylic acids is 1. The first-order chi connectivity index (χ1) is 8.11. The molecule has 1 aliphatic heterocycles. The summed E-state index contributed by atoms with van der Waals surface area (Å²) in [5, 5.41) is 8.94. The van der Waals surface area contributed by atoms with Crippen molar-refractivity contribution in [3.05, 3.63) is 0 Å². The van der Waals surface area contributed by atoms with E-state index in [1.807, 2.05) is 0 Å². The van der Waals surface area contributed by atoms with Crippen LogP contribution >= 0.6 is 0 Å². The molecule has 1 fully saturated rings. The Morgan fingerprint density at radius 3 is 2.33 bits per heavy atom. The van der Waals surface area contributed by atoms with E-state index >= 15 is 0 Å². The molecule has 0 radical (unpaired) electrons. The maximum absolute atomic E-state index is 12.6. The fourth-order valence-electron chi connectivity index (χ4n) is 1.81. The second-order valence-electron chi connectivity index (χ2n) is 5.32. The minimum atomic E-state index is -2.64. The number of amides is 1. The summed E-state index contributed by atoms with van der Waals surface area (Å²) in [7, 11) is 0. The molecule has 1 saturated heterocycles. The highest BCUT2D eigenvalue weighted by Gasteiger charge is 2.44. The monoisotopic (exact) mass is 265 g/mol. The molecule has 7 heteroatoms. The molecule has 0 spiro atoms. The van der Waals surface area contributed by atoms with Crippen LogP contribution in [0.25, 0.3) is 0 Å². The molecule has 5 nitrogen and oxygen atoms in total. The Morgan fingerprint density at radius 1 is 1.39 bits per heavy atom. The number of halogens is 2. The third-order valence-electron chi connectivity index (χ3n) is 2.60. The maximum atomic E-state index is 12.6. The van der Waals surface area contributed by atoms with Crippen LogP contribution in [0.5, 0.6) is 0 Å². The number of alkyl halides is 2. The lowest BCUT2D eigenvalue weighted by molar-refractivity contribution is -0.142. The molecule has 104 valence electrons. The predicted octanol–water partition coefficient (Wildman–Crippen LogP) is 1.96. The average molecular weight is 265 g/mol. The first-order valence-corrected chi connectivity index (χ1v) is 5.62. The Labute approximate surface area is 104 Å². The van der Waals surface area contributed by atoms with E-state index in [0.29, 0.717) is 0 Å². The Balaban J connectivity index is 2.78. The van der Waals surface area contributed by atoms with Crippen molar-refractivity contribution in [3.63, 3.8) is 0 Å². The van der Waals surface area contributed by atoms with Crippen LogP contribution in [0.3, 0.4) is 0 Å². The van der Waals surface area contributed by atoms with Crippen LogP contribution in [-0.2, 0) is 9.53 Å². The minimum absolute atomic E-state index is 0.244. The van der Waals surface area contributed by atoms with Crippen molar-refractivity contribution < 1.29 is 28.2 Å². The van der Waals surface area contributed by atoms with E-state index in [2.05, 4.69) is 0 Å². The number of nitrogens with zero attached hydrogens (tertiary/aromatic N) is 1. The second-order valence-corrected chi connectivity index (χ2v) is 5.32. The van der Waals surface area contributed by atoms with E-state index in [1.165, 1.54) is 0 Å². The van der Waals surface area contributed by atoms with Crippen molar-refractivity contribution in [1.82, 2.24) is 4.90 Å². The van der Waals surface area contributed by atoms with Gasteiger partial charge in [-0.25, -0.2) is 18.4 Å².